The predicted molar refractivity (Wildman–Crippen MR) is 44.5 cm³/mol. The maximum Gasteiger partial charge on any atom is 0.119 e. The molecule has 0 aromatic carbocycles. The molecule has 2 atom stereocenters. The lowest BCUT2D eigenvalue weighted by molar-refractivity contribution is -0.0411. The second-order valence-corrected chi connectivity index (χ2v) is 3.65. The molecular formula is C9H14N2O. The van der Waals surface area contributed by atoms with Crippen LogP contribution in [0.5, 0.6) is 0 Å². The Bertz CT molecular complexity index is 187. The van der Waals surface area contributed by atoms with Crippen LogP contribution in [0.15, 0.2) is 0 Å². The van der Waals surface area contributed by atoms with Crippen LogP contribution in [0.2, 0.25) is 0 Å². The zero-order valence-corrected chi connectivity index (χ0v) is 7.12. The molecule has 1 saturated carbocycles. The monoisotopic (exact) mass is 166 g/mol. The molecule has 2 unspecified atom stereocenters. The molecule has 2 rings (SSSR count). The molecule has 1 saturated heterocycles. The van der Waals surface area contributed by atoms with Gasteiger partial charge in [-0.15, -0.1) is 0 Å². The van der Waals surface area contributed by atoms with Crippen LogP contribution in [0.1, 0.15) is 19.3 Å². The summed E-state index contributed by atoms with van der Waals surface area (Å²) >= 11 is 0. The van der Waals surface area contributed by atoms with Crippen LogP contribution in [-0.4, -0.2) is 25.3 Å². The quantitative estimate of drug-likeness (QED) is 0.622. The maximum atomic E-state index is 8.59. The van der Waals surface area contributed by atoms with Crippen molar-refractivity contribution in [3.8, 4) is 6.07 Å². The number of nitrogens with zero attached hydrogens (tertiary/aromatic N) is 1. The molecule has 0 amide bonds. The summed E-state index contributed by atoms with van der Waals surface area (Å²) in [4.78, 5) is 0. The molecule has 1 heterocycles. The number of morpholine rings is 1. The highest BCUT2D eigenvalue weighted by Gasteiger charge is 2.31. The van der Waals surface area contributed by atoms with Crippen molar-refractivity contribution in [2.45, 2.75) is 31.4 Å². The van der Waals surface area contributed by atoms with Gasteiger partial charge in [0.1, 0.15) is 6.04 Å². The van der Waals surface area contributed by atoms with Gasteiger partial charge in [0, 0.05) is 6.54 Å². The van der Waals surface area contributed by atoms with E-state index in [4.69, 9.17) is 10.00 Å². The van der Waals surface area contributed by atoms with Gasteiger partial charge in [0.05, 0.1) is 18.8 Å². The fourth-order valence-electron chi connectivity index (χ4n) is 1.79. The van der Waals surface area contributed by atoms with Crippen LogP contribution < -0.4 is 5.32 Å². The summed E-state index contributed by atoms with van der Waals surface area (Å²) in [6, 6.07) is 2.08. The van der Waals surface area contributed by atoms with Crippen LogP contribution in [-0.2, 0) is 4.74 Å². The smallest absolute Gasteiger partial charge is 0.119 e. The van der Waals surface area contributed by atoms with Crippen molar-refractivity contribution in [3.05, 3.63) is 0 Å². The molecule has 2 fully saturated rings. The van der Waals surface area contributed by atoms with E-state index < -0.39 is 0 Å². The van der Waals surface area contributed by atoms with Gasteiger partial charge in [-0.2, -0.15) is 5.26 Å². The summed E-state index contributed by atoms with van der Waals surface area (Å²) in [5, 5.41) is 11.8. The van der Waals surface area contributed by atoms with Crippen molar-refractivity contribution >= 4 is 0 Å². The molecule has 0 aromatic rings. The second-order valence-electron chi connectivity index (χ2n) is 3.65. The molecule has 66 valence electrons. The van der Waals surface area contributed by atoms with E-state index in [1.165, 1.54) is 19.3 Å². The van der Waals surface area contributed by atoms with Crippen molar-refractivity contribution < 1.29 is 4.74 Å². The van der Waals surface area contributed by atoms with Crippen LogP contribution in [0, 0.1) is 17.2 Å². The first kappa shape index (κ1) is 8.03. The van der Waals surface area contributed by atoms with E-state index in [0.29, 0.717) is 12.7 Å². The number of hydrogen-bond donors (Lipinski definition) is 1. The lowest BCUT2D eigenvalue weighted by Gasteiger charge is -2.37. The first-order valence-electron chi connectivity index (χ1n) is 4.65. The van der Waals surface area contributed by atoms with Gasteiger partial charge >= 0.3 is 0 Å². The summed E-state index contributed by atoms with van der Waals surface area (Å²) in [6.07, 6.45) is 4.35. The first-order valence-corrected chi connectivity index (χ1v) is 4.65. The number of nitriles is 1. The van der Waals surface area contributed by atoms with Crippen molar-refractivity contribution in [1.82, 2.24) is 5.32 Å². The van der Waals surface area contributed by atoms with E-state index >= 15 is 0 Å². The Morgan fingerprint density at radius 3 is 2.67 bits per heavy atom. The van der Waals surface area contributed by atoms with Crippen molar-refractivity contribution in [1.29, 1.82) is 5.26 Å². The zero-order valence-electron chi connectivity index (χ0n) is 7.12. The number of nitrogens with one attached hydrogen (secondary N) is 1. The Hall–Kier alpha value is -0.590. The van der Waals surface area contributed by atoms with E-state index in [9.17, 15) is 0 Å². The van der Waals surface area contributed by atoms with E-state index in [-0.39, 0.29) is 6.04 Å². The normalized spacial score (nSPS) is 36.9. The minimum Gasteiger partial charge on any atom is -0.374 e. The van der Waals surface area contributed by atoms with E-state index in [1.807, 2.05) is 0 Å². The van der Waals surface area contributed by atoms with Crippen molar-refractivity contribution in [3.63, 3.8) is 0 Å². The van der Waals surface area contributed by atoms with E-state index in [1.54, 1.807) is 0 Å². The fourth-order valence-corrected chi connectivity index (χ4v) is 1.79. The minimum atomic E-state index is -0.0821. The van der Waals surface area contributed by atoms with Gasteiger partial charge in [-0.1, -0.05) is 6.42 Å². The Labute approximate surface area is 72.7 Å². The molecule has 1 aliphatic heterocycles. The third-order valence-corrected chi connectivity index (χ3v) is 2.87. The van der Waals surface area contributed by atoms with Gasteiger partial charge in [0.15, 0.2) is 0 Å². The summed E-state index contributed by atoms with van der Waals surface area (Å²) in [5.41, 5.74) is 0. The largest absolute Gasteiger partial charge is 0.374 e. The number of rotatable bonds is 1. The van der Waals surface area contributed by atoms with Crippen LogP contribution >= 0.6 is 0 Å². The molecule has 12 heavy (non-hydrogen) atoms. The predicted octanol–water partition coefficient (Wildman–Crippen LogP) is 0.667. The topological polar surface area (TPSA) is 45.0 Å². The molecule has 0 aromatic heterocycles. The Kier molecular flexibility index (Phi) is 2.29. The van der Waals surface area contributed by atoms with Crippen molar-refractivity contribution in [2.24, 2.45) is 5.92 Å². The van der Waals surface area contributed by atoms with Gasteiger partial charge in [0.2, 0.25) is 0 Å². The highest BCUT2D eigenvalue weighted by Crippen LogP contribution is 2.31. The molecule has 0 bridgehead atoms. The average Bonchev–Trinajstić information content (AvgIpc) is 2.03. The zero-order chi connectivity index (χ0) is 8.39. The number of hydrogen-bond acceptors (Lipinski definition) is 3. The van der Waals surface area contributed by atoms with Gasteiger partial charge in [-0.3, -0.25) is 5.32 Å². The van der Waals surface area contributed by atoms with Crippen LogP contribution in [0.25, 0.3) is 0 Å². The van der Waals surface area contributed by atoms with E-state index in [0.717, 1.165) is 12.5 Å². The molecule has 0 spiro atoms. The summed E-state index contributed by atoms with van der Waals surface area (Å²) in [6.45, 7) is 1.43. The first-order chi connectivity index (χ1) is 5.90. The molecular weight excluding hydrogens is 152 g/mol. The molecule has 3 nitrogen and oxygen atoms in total. The minimum absolute atomic E-state index is 0.0821. The standard InChI is InChI=1S/C9H14N2O/c10-4-8-6-12-9(5-11-8)7-2-1-3-7/h7-9,11H,1-3,5-6H2. The van der Waals surface area contributed by atoms with Gasteiger partial charge in [-0.05, 0) is 18.8 Å². The van der Waals surface area contributed by atoms with Gasteiger partial charge in [-0.25, -0.2) is 0 Å². The molecule has 1 N–H and O–H groups in total. The van der Waals surface area contributed by atoms with Gasteiger partial charge in [0.25, 0.3) is 0 Å². The highest BCUT2D eigenvalue weighted by atomic mass is 16.5. The lowest BCUT2D eigenvalue weighted by Crippen LogP contribution is -2.49. The van der Waals surface area contributed by atoms with Crippen LogP contribution in [0.4, 0.5) is 0 Å². The van der Waals surface area contributed by atoms with Crippen LogP contribution in [0.3, 0.4) is 0 Å². The van der Waals surface area contributed by atoms with E-state index in [2.05, 4.69) is 11.4 Å². The molecule has 1 aliphatic carbocycles. The summed E-state index contributed by atoms with van der Waals surface area (Å²) in [5.74, 6) is 0.761. The average molecular weight is 166 g/mol. The molecule has 0 radical (unpaired) electrons. The SMILES string of the molecule is N#CC1COC(C2CCC2)CN1. The fraction of sp³-hybridized carbons (Fsp3) is 0.889. The Balaban J connectivity index is 1.78. The summed E-state index contributed by atoms with van der Waals surface area (Å²) in [7, 11) is 0. The second kappa shape index (κ2) is 3.42. The van der Waals surface area contributed by atoms with Crippen molar-refractivity contribution in [2.75, 3.05) is 13.2 Å². The Morgan fingerprint density at radius 2 is 2.25 bits per heavy atom. The summed E-state index contributed by atoms with van der Waals surface area (Å²) < 4.78 is 5.60. The molecule has 3 heteroatoms. The maximum absolute atomic E-state index is 8.59. The molecule has 2 aliphatic rings. The van der Waals surface area contributed by atoms with Gasteiger partial charge < -0.3 is 4.74 Å². The lowest BCUT2D eigenvalue weighted by atomic mass is 9.80. The highest BCUT2D eigenvalue weighted by molar-refractivity contribution is 4.94. The third kappa shape index (κ3) is 1.45. The Morgan fingerprint density at radius 1 is 1.42 bits per heavy atom. The number of ether oxygens (including phenoxy) is 1. The third-order valence-electron chi connectivity index (χ3n) is 2.87.